The number of unbranched alkanes of at least 4 members (excludes halogenated alkanes) is 1. The molecule has 13 heavy (non-hydrogen) atoms. The Bertz CT molecular complexity index is 211. The van der Waals surface area contributed by atoms with Crippen LogP contribution in [0.25, 0.3) is 0 Å². The van der Waals surface area contributed by atoms with Crippen LogP contribution in [0, 0.1) is 5.92 Å². The van der Waals surface area contributed by atoms with Crippen molar-refractivity contribution in [3.05, 3.63) is 11.8 Å². The molecule has 1 unspecified atom stereocenters. The fraction of sp³-hybridized carbons (Fsp3) is 0.700. The molecule has 1 atom stereocenters. The Morgan fingerprint density at radius 3 is 3.15 bits per heavy atom. The Hall–Kier alpha value is -0.570. The minimum absolute atomic E-state index is 0.559. The van der Waals surface area contributed by atoms with E-state index in [1.807, 2.05) is 6.08 Å². The van der Waals surface area contributed by atoms with Gasteiger partial charge in [-0.2, -0.15) is 0 Å². The molecule has 0 aromatic heterocycles. The van der Waals surface area contributed by atoms with Crippen LogP contribution in [0.2, 0.25) is 0 Å². The van der Waals surface area contributed by atoms with E-state index >= 15 is 0 Å². The van der Waals surface area contributed by atoms with E-state index in [4.69, 9.17) is 12.2 Å². The Labute approximate surface area is 85.8 Å². The number of thiocarbonyl (C=S) groups is 1. The molecule has 0 saturated carbocycles. The van der Waals surface area contributed by atoms with Gasteiger partial charge in [-0.05, 0) is 12.5 Å². The zero-order valence-electron chi connectivity index (χ0n) is 8.39. The van der Waals surface area contributed by atoms with E-state index in [0.717, 1.165) is 18.1 Å². The van der Waals surface area contributed by atoms with Crippen LogP contribution in [0.15, 0.2) is 11.8 Å². The number of rotatable bonds is 4. The first kappa shape index (κ1) is 10.5. The van der Waals surface area contributed by atoms with Gasteiger partial charge in [0.15, 0.2) is 0 Å². The second kappa shape index (κ2) is 5.22. The summed E-state index contributed by atoms with van der Waals surface area (Å²) >= 11 is 5.09. The average molecular weight is 198 g/mol. The van der Waals surface area contributed by atoms with Crippen LogP contribution < -0.4 is 10.6 Å². The van der Waals surface area contributed by atoms with Crippen molar-refractivity contribution < 1.29 is 0 Å². The summed E-state index contributed by atoms with van der Waals surface area (Å²) in [6, 6.07) is 0. The fourth-order valence-corrected chi connectivity index (χ4v) is 1.54. The number of hydrogen-bond donors (Lipinski definition) is 2. The minimum atomic E-state index is 0.559. The maximum absolute atomic E-state index is 5.09. The summed E-state index contributed by atoms with van der Waals surface area (Å²) in [5.74, 6) is 0.559. The van der Waals surface area contributed by atoms with Crippen molar-refractivity contribution in [2.75, 3.05) is 13.1 Å². The van der Waals surface area contributed by atoms with Crippen LogP contribution in [-0.2, 0) is 0 Å². The summed E-state index contributed by atoms with van der Waals surface area (Å²) in [7, 11) is 0. The van der Waals surface area contributed by atoms with Crippen molar-refractivity contribution >= 4 is 17.2 Å². The second-order valence-electron chi connectivity index (χ2n) is 3.53. The Morgan fingerprint density at radius 2 is 2.46 bits per heavy atom. The molecular formula is C10H18N2S. The normalized spacial score (nSPS) is 22.2. The maximum Gasteiger partial charge on any atom is 0.101 e. The number of nitrogens with one attached hydrogen (secondary N) is 2. The van der Waals surface area contributed by atoms with E-state index in [1.165, 1.54) is 18.5 Å². The van der Waals surface area contributed by atoms with E-state index in [0.29, 0.717) is 5.92 Å². The first-order chi connectivity index (χ1) is 6.24. The molecule has 0 aliphatic carbocycles. The summed E-state index contributed by atoms with van der Waals surface area (Å²) in [5, 5.41) is 6.60. The van der Waals surface area contributed by atoms with Crippen LogP contribution in [0.4, 0.5) is 0 Å². The number of hydrogen-bond acceptors (Lipinski definition) is 2. The Balaban J connectivity index is 2.41. The SMILES string of the molecule is CCCCNC1=CC(=S)NCC1C. The third-order valence-electron chi connectivity index (χ3n) is 2.26. The molecule has 1 aliphatic heterocycles. The maximum atomic E-state index is 5.09. The molecule has 0 bridgehead atoms. The lowest BCUT2D eigenvalue weighted by molar-refractivity contribution is 0.569. The summed E-state index contributed by atoms with van der Waals surface area (Å²) in [5.41, 5.74) is 1.29. The highest BCUT2D eigenvalue weighted by Crippen LogP contribution is 2.10. The Morgan fingerprint density at radius 1 is 1.69 bits per heavy atom. The van der Waals surface area contributed by atoms with Crippen LogP contribution >= 0.6 is 12.2 Å². The third-order valence-corrected chi connectivity index (χ3v) is 2.52. The monoisotopic (exact) mass is 198 g/mol. The van der Waals surface area contributed by atoms with Gasteiger partial charge in [0.25, 0.3) is 0 Å². The lowest BCUT2D eigenvalue weighted by Gasteiger charge is -2.23. The third kappa shape index (κ3) is 3.35. The van der Waals surface area contributed by atoms with Gasteiger partial charge in [-0.3, -0.25) is 0 Å². The quantitative estimate of drug-likeness (QED) is 0.532. The van der Waals surface area contributed by atoms with Crippen molar-refractivity contribution in [3.63, 3.8) is 0 Å². The molecule has 2 nitrogen and oxygen atoms in total. The van der Waals surface area contributed by atoms with Gasteiger partial charge in [-0.25, -0.2) is 0 Å². The van der Waals surface area contributed by atoms with Crippen molar-refractivity contribution in [1.29, 1.82) is 0 Å². The molecule has 1 aliphatic rings. The van der Waals surface area contributed by atoms with Crippen molar-refractivity contribution in [2.45, 2.75) is 26.7 Å². The lowest BCUT2D eigenvalue weighted by Crippen LogP contribution is -2.36. The zero-order chi connectivity index (χ0) is 9.68. The molecule has 3 heteroatoms. The molecule has 0 saturated heterocycles. The summed E-state index contributed by atoms with van der Waals surface area (Å²) in [6.07, 6.45) is 4.50. The van der Waals surface area contributed by atoms with Crippen molar-refractivity contribution in [3.8, 4) is 0 Å². The summed E-state index contributed by atoms with van der Waals surface area (Å²) < 4.78 is 0. The molecule has 0 aromatic rings. The van der Waals surface area contributed by atoms with E-state index in [1.54, 1.807) is 0 Å². The molecule has 1 heterocycles. The minimum Gasteiger partial charge on any atom is -0.388 e. The highest BCUT2D eigenvalue weighted by Gasteiger charge is 2.13. The molecular weight excluding hydrogens is 180 g/mol. The van der Waals surface area contributed by atoms with Crippen molar-refractivity contribution in [2.24, 2.45) is 5.92 Å². The van der Waals surface area contributed by atoms with Crippen LogP contribution in [0.3, 0.4) is 0 Å². The van der Waals surface area contributed by atoms with Gasteiger partial charge in [0.2, 0.25) is 0 Å². The van der Waals surface area contributed by atoms with E-state index in [9.17, 15) is 0 Å². The van der Waals surface area contributed by atoms with Crippen LogP contribution in [-0.4, -0.2) is 18.1 Å². The lowest BCUT2D eigenvalue weighted by atomic mass is 10.0. The molecule has 1 rings (SSSR count). The smallest absolute Gasteiger partial charge is 0.101 e. The molecule has 0 spiro atoms. The van der Waals surface area contributed by atoms with Gasteiger partial charge < -0.3 is 10.6 Å². The summed E-state index contributed by atoms with van der Waals surface area (Å²) in [4.78, 5) is 0.858. The molecule has 0 radical (unpaired) electrons. The highest BCUT2D eigenvalue weighted by molar-refractivity contribution is 7.80. The first-order valence-corrected chi connectivity index (χ1v) is 5.38. The molecule has 0 aromatic carbocycles. The van der Waals surface area contributed by atoms with Gasteiger partial charge in [0.05, 0.1) is 0 Å². The predicted octanol–water partition coefficient (Wildman–Crippen LogP) is 1.83. The van der Waals surface area contributed by atoms with Gasteiger partial charge >= 0.3 is 0 Å². The highest BCUT2D eigenvalue weighted by atomic mass is 32.1. The Kier molecular flexibility index (Phi) is 4.22. The van der Waals surface area contributed by atoms with Crippen molar-refractivity contribution in [1.82, 2.24) is 10.6 Å². The topological polar surface area (TPSA) is 24.1 Å². The van der Waals surface area contributed by atoms with Gasteiger partial charge in [-0.1, -0.05) is 32.5 Å². The predicted molar refractivity (Wildman–Crippen MR) is 60.8 cm³/mol. The van der Waals surface area contributed by atoms with Gasteiger partial charge in [-0.15, -0.1) is 0 Å². The van der Waals surface area contributed by atoms with E-state index in [2.05, 4.69) is 24.5 Å². The molecule has 0 fully saturated rings. The van der Waals surface area contributed by atoms with E-state index in [-0.39, 0.29) is 0 Å². The van der Waals surface area contributed by atoms with Crippen LogP contribution in [0.5, 0.6) is 0 Å². The largest absolute Gasteiger partial charge is 0.388 e. The summed E-state index contributed by atoms with van der Waals surface area (Å²) in [6.45, 7) is 6.44. The zero-order valence-corrected chi connectivity index (χ0v) is 9.21. The van der Waals surface area contributed by atoms with Gasteiger partial charge in [0.1, 0.15) is 4.99 Å². The second-order valence-corrected chi connectivity index (χ2v) is 3.97. The van der Waals surface area contributed by atoms with Crippen LogP contribution in [0.1, 0.15) is 26.7 Å². The first-order valence-electron chi connectivity index (χ1n) is 4.97. The van der Waals surface area contributed by atoms with E-state index < -0.39 is 0 Å². The fourth-order valence-electron chi connectivity index (χ4n) is 1.33. The molecule has 0 amide bonds. The van der Waals surface area contributed by atoms with Gasteiger partial charge in [0, 0.05) is 24.7 Å². The average Bonchev–Trinajstić information content (AvgIpc) is 2.11. The molecule has 74 valence electrons. The standard InChI is InChI=1S/C10H18N2S/c1-3-4-5-11-9-6-10(13)12-7-8(9)2/h6,8,11H,3-5,7H2,1-2H3,(H,12,13). The molecule has 2 N–H and O–H groups in total.